The molecule has 0 aliphatic heterocycles. The van der Waals surface area contributed by atoms with Crippen molar-refractivity contribution in [1.82, 2.24) is 10.3 Å². The Morgan fingerprint density at radius 3 is 2.57 bits per heavy atom. The van der Waals surface area contributed by atoms with Gasteiger partial charge in [-0.25, -0.2) is 9.37 Å². The Morgan fingerprint density at radius 2 is 1.95 bits per heavy atom. The number of hydrogen-bond donors (Lipinski definition) is 2. The first kappa shape index (κ1) is 16.1. The van der Waals surface area contributed by atoms with Crippen LogP contribution in [0, 0.1) is 12.7 Å². The molecule has 114 valence electrons. The highest BCUT2D eigenvalue weighted by Crippen LogP contribution is 2.32. The molecule has 2 unspecified atom stereocenters. The zero-order chi connectivity index (χ0) is 15.4. The van der Waals surface area contributed by atoms with Crippen molar-refractivity contribution >= 4 is 11.3 Å². The second kappa shape index (κ2) is 7.11. The highest BCUT2D eigenvalue weighted by atomic mass is 32.1. The second-order valence-electron chi connectivity index (χ2n) is 5.28. The van der Waals surface area contributed by atoms with Gasteiger partial charge in [0, 0.05) is 29.1 Å². The van der Waals surface area contributed by atoms with Crippen LogP contribution in [-0.4, -0.2) is 22.7 Å². The fraction of sp³-hybridized carbons (Fsp3) is 0.438. The number of aryl methyl sites for hydroxylation is 1. The number of hydrogen-bond acceptors (Lipinski definition) is 4. The molecule has 2 N–H and O–H groups in total. The molecule has 1 aromatic carbocycles. The molecule has 2 aromatic rings. The SMILES string of the molecule is Cc1nc(-c2ccc(F)cc2)sc1C(C)NC(C)CCO. The van der Waals surface area contributed by atoms with E-state index in [9.17, 15) is 4.39 Å². The number of aromatic nitrogens is 1. The number of thiazole rings is 1. The zero-order valence-corrected chi connectivity index (χ0v) is 13.4. The maximum absolute atomic E-state index is 13.0. The summed E-state index contributed by atoms with van der Waals surface area (Å²) in [6, 6.07) is 6.85. The summed E-state index contributed by atoms with van der Waals surface area (Å²) in [4.78, 5) is 5.77. The van der Waals surface area contributed by atoms with E-state index in [0.717, 1.165) is 22.7 Å². The van der Waals surface area contributed by atoms with Gasteiger partial charge in [0.15, 0.2) is 0 Å². The van der Waals surface area contributed by atoms with E-state index in [0.29, 0.717) is 0 Å². The minimum atomic E-state index is -0.236. The van der Waals surface area contributed by atoms with Gasteiger partial charge in [-0.15, -0.1) is 11.3 Å². The first-order valence-corrected chi connectivity index (χ1v) is 7.93. The maximum Gasteiger partial charge on any atom is 0.123 e. The van der Waals surface area contributed by atoms with Gasteiger partial charge in [0.25, 0.3) is 0 Å². The lowest BCUT2D eigenvalue weighted by molar-refractivity contribution is 0.265. The summed E-state index contributed by atoms with van der Waals surface area (Å²) in [5, 5.41) is 13.3. The van der Waals surface area contributed by atoms with Crippen molar-refractivity contribution < 1.29 is 9.50 Å². The molecule has 0 aliphatic rings. The molecular weight excluding hydrogens is 287 g/mol. The van der Waals surface area contributed by atoms with E-state index in [2.05, 4.69) is 24.1 Å². The average Bonchev–Trinajstić information content (AvgIpc) is 2.82. The minimum absolute atomic E-state index is 0.179. The molecule has 0 saturated heterocycles. The summed E-state index contributed by atoms with van der Waals surface area (Å²) < 4.78 is 13.0. The van der Waals surface area contributed by atoms with Crippen LogP contribution < -0.4 is 5.32 Å². The number of nitrogens with zero attached hydrogens (tertiary/aromatic N) is 1. The van der Waals surface area contributed by atoms with Crippen LogP contribution in [0.25, 0.3) is 10.6 Å². The number of halogens is 1. The summed E-state index contributed by atoms with van der Waals surface area (Å²) in [7, 11) is 0. The number of benzene rings is 1. The molecule has 1 aromatic heterocycles. The second-order valence-corrected chi connectivity index (χ2v) is 6.31. The van der Waals surface area contributed by atoms with Crippen LogP contribution in [-0.2, 0) is 0 Å². The number of aliphatic hydroxyl groups excluding tert-OH is 1. The van der Waals surface area contributed by atoms with Crippen LogP contribution in [0.5, 0.6) is 0 Å². The molecule has 0 radical (unpaired) electrons. The maximum atomic E-state index is 13.0. The summed E-state index contributed by atoms with van der Waals surface area (Å²) in [6.07, 6.45) is 0.729. The van der Waals surface area contributed by atoms with Gasteiger partial charge in [-0.05, 0) is 51.5 Å². The highest BCUT2D eigenvalue weighted by molar-refractivity contribution is 7.15. The van der Waals surface area contributed by atoms with E-state index in [1.807, 2.05) is 6.92 Å². The fourth-order valence-corrected chi connectivity index (χ4v) is 3.39. The Labute approximate surface area is 128 Å². The van der Waals surface area contributed by atoms with Crippen molar-refractivity contribution in [1.29, 1.82) is 0 Å². The summed E-state index contributed by atoms with van der Waals surface area (Å²) in [6.45, 7) is 6.34. The van der Waals surface area contributed by atoms with Crippen LogP contribution >= 0.6 is 11.3 Å². The van der Waals surface area contributed by atoms with Crippen molar-refractivity contribution in [3.05, 3.63) is 40.7 Å². The predicted octanol–water partition coefficient (Wildman–Crippen LogP) is 3.68. The summed E-state index contributed by atoms with van der Waals surface area (Å²) in [5.74, 6) is -0.236. The number of aliphatic hydroxyl groups is 1. The van der Waals surface area contributed by atoms with Crippen LogP contribution in [0.2, 0.25) is 0 Å². The molecule has 0 amide bonds. The molecule has 0 aliphatic carbocycles. The molecular formula is C16H21FN2OS. The molecule has 1 heterocycles. The molecule has 2 atom stereocenters. The zero-order valence-electron chi connectivity index (χ0n) is 12.6. The van der Waals surface area contributed by atoms with E-state index in [4.69, 9.17) is 5.11 Å². The molecule has 21 heavy (non-hydrogen) atoms. The van der Waals surface area contributed by atoms with Gasteiger partial charge in [0.2, 0.25) is 0 Å². The molecule has 3 nitrogen and oxygen atoms in total. The van der Waals surface area contributed by atoms with E-state index in [1.54, 1.807) is 23.5 Å². The minimum Gasteiger partial charge on any atom is -0.396 e. The number of nitrogens with one attached hydrogen (secondary N) is 1. The Kier molecular flexibility index (Phi) is 5.45. The van der Waals surface area contributed by atoms with E-state index < -0.39 is 0 Å². The Balaban J connectivity index is 2.17. The Bertz CT molecular complexity index is 582. The quantitative estimate of drug-likeness (QED) is 0.855. The largest absolute Gasteiger partial charge is 0.396 e. The third kappa shape index (κ3) is 4.09. The first-order chi connectivity index (χ1) is 10.0. The smallest absolute Gasteiger partial charge is 0.123 e. The fourth-order valence-electron chi connectivity index (χ4n) is 2.31. The standard InChI is InChI=1S/C16H21FN2OS/c1-10(8-9-20)18-11(2)15-12(3)19-16(21-15)13-4-6-14(17)7-5-13/h4-7,10-11,18,20H,8-9H2,1-3H3. The van der Waals surface area contributed by atoms with Crippen molar-refractivity contribution in [2.75, 3.05) is 6.61 Å². The van der Waals surface area contributed by atoms with Crippen molar-refractivity contribution in [3.8, 4) is 10.6 Å². The van der Waals surface area contributed by atoms with Crippen LogP contribution in [0.15, 0.2) is 24.3 Å². The van der Waals surface area contributed by atoms with Crippen molar-refractivity contribution in [2.24, 2.45) is 0 Å². The van der Waals surface area contributed by atoms with Gasteiger partial charge in [-0.3, -0.25) is 0 Å². The summed E-state index contributed by atoms with van der Waals surface area (Å²) in [5.41, 5.74) is 1.93. The van der Waals surface area contributed by atoms with Crippen LogP contribution in [0.4, 0.5) is 4.39 Å². The molecule has 0 saturated carbocycles. The van der Waals surface area contributed by atoms with Crippen LogP contribution in [0.1, 0.15) is 36.9 Å². The highest BCUT2D eigenvalue weighted by Gasteiger charge is 2.16. The van der Waals surface area contributed by atoms with Gasteiger partial charge in [0.1, 0.15) is 10.8 Å². The van der Waals surface area contributed by atoms with Gasteiger partial charge in [0.05, 0.1) is 5.69 Å². The van der Waals surface area contributed by atoms with Gasteiger partial charge < -0.3 is 10.4 Å². The lowest BCUT2D eigenvalue weighted by Crippen LogP contribution is -2.29. The average molecular weight is 308 g/mol. The normalized spacial score (nSPS) is 14.1. The van der Waals surface area contributed by atoms with Gasteiger partial charge in [-0.1, -0.05) is 0 Å². The predicted molar refractivity (Wildman–Crippen MR) is 85.0 cm³/mol. The van der Waals surface area contributed by atoms with E-state index in [1.165, 1.54) is 17.0 Å². The van der Waals surface area contributed by atoms with Crippen molar-refractivity contribution in [2.45, 2.75) is 39.3 Å². The topological polar surface area (TPSA) is 45.2 Å². The lowest BCUT2D eigenvalue weighted by atomic mass is 10.2. The van der Waals surface area contributed by atoms with Gasteiger partial charge >= 0.3 is 0 Å². The Morgan fingerprint density at radius 1 is 1.29 bits per heavy atom. The lowest BCUT2D eigenvalue weighted by Gasteiger charge is -2.18. The van der Waals surface area contributed by atoms with Gasteiger partial charge in [-0.2, -0.15) is 0 Å². The monoisotopic (exact) mass is 308 g/mol. The number of rotatable bonds is 6. The van der Waals surface area contributed by atoms with Crippen LogP contribution in [0.3, 0.4) is 0 Å². The van der Waals surface area contributed by atoms with E-state index >= 15 is 0 Å². The molecule has 0 bridgehead atoms. The third-order valence-corrected chi connectivity index (χ3v) is 4.80. The summed E-state index contributed by atoms with van der Waals surface area (Å²) >= 11 is 1.63. The first-order valence-electron chi connectivity index (χ1n) is 7.11. The molecule has 0 spiro atoms. The van der Waals surface area contributed by atoms with E-state index in [-0.39, 0.29) is 24.5 Å². The third-order valence-electron chi connectivity index (χ3n) is 3.41. The molecule has 0 fully saturated rings. The molecule has 5 heteroatoms. The molecule has 2 rings (SSSR count). The van der Waals surface area contributed by atoms with Crippen molar-refractivity contribution in [3.63, 3.8) is 0 Å². The Hall–Kier alpha value is -1.30.